The second kappa shape index (κ2) is 4.21. The van der Waals surface area contributed by atoms with Crippen molar-refractivity contribution in [3.05, 3.63) is 0 Å². The van der Waals surface area contributed by atoms with Gasteiger partial charge >= 0.3 is 0 Å². The van der Waals surface area contributed by atoms with Crippen LogP contribution in [0.5, 0.6) is 0 Å². The van der Waals surface area contributed by atoms with Crippen molar-refractivity contribution in [2.24, 2.45) is 5.92 Å². The number of aliphatic hydroxyl groups excluding tert-OH is 1. The average Bonchev–Trinajstić information content (AvgIpc) is 2.79. The van der Waals surface area contributed by atoms with Gasteiger partial charge in [-0.15, -0.1) is 0 Å². The summed E-state index contributed by atoms with van der Waals surface area (Å²) in [6.45, 7) is 0.979. The van der Waals surface area contributed by atoms with Crippen LogP contribution in [0.3, 0.4) is 0 Å². The first-order valence-electron chi connectivity index (χ1n) is 6.71. The molecule has 2 saturated heterocycles. The average molecular weight is 259 g/mol. The van der Waals surface area contributed by atoms with Gasteiger partial charge in [-0.1, -0.05) is 12.8 Å². The molecule has 3 rings (SSSR count). The Hall–Kier alpha value is -0.130. The molecule has 0 radical (unpaired) electrons. The number of likely N-dealkylation sites (tertiary alicyclic amines) is 1. The summed E-state index contributed by atoms with van der Waals surface area (Å²) < 4.78 is 23.2. The van der Waals surface area contributed by atoms with Gasteiger partial charge in [0.25, 0.3) is 0 Å². The van der Waals surface area contributed by atoms with Gasteiger partial charge in [-0.2, -0.15) is 0 Å². The molecule has 1 N–H and O–H groups in total. The van der Waals surface area contributed by atoms with Crippen LogP contribution < -0.4 is 0 Å². The van der Waals surface area contributed by atoms with E-state index in [0.29, 0.717) is 6.04 Å². The van der Waals surface area contributed by atoms with E-state index in [1.807, 2.05) is 0 Å². The molecule has 1 saturated carbocycles. The number of rotatable bonds is 1. The fraction of sp³-hybridized carbons (Fsp3) is 1.00. The van der Waals surface area contributed by atoms with Gasteiger partial charge in [-0.3, -0.25) is 4.90 Å². The van der Waals surface area contributed by atoms with E-state index >= 15 is 0 Å². The van der Waals surface area contributed by atoms with E-state index in [1.54, 1.807) is 0 Å². The van der Waals surface area contributed by atoms with E-state index in [4.69, 9.17) is 0 Å². The van der Waals surface area contributed by atoms with Gasteiger partial charge < -0.3 is 5.11 Å². The number of hydrogen-bond acceptors (Lipinski definition) is 4. The Morgan fingerprint density at radius 2 is 1.76 bits per heavy atom. The van der Waals surface area contributed by atoms with Crippen LogP contribution in [-0.2, 0) is 9.84 Å². The quantitative estimate of drug-likeness (QED) is 0.741. The van der Waals surface area contributed by atoms with Gasteiger partial charge in [0.15, 0.2) is 9.84 Å². The summed E-state index contributed by atoms with van der Waals surface area (Å²) in [4.78, 5) is 2.30. The standard InChI is InChI=1S/C12H21NO3S/c14-12-8-17(15,16)7-11(12)13-6-5-9-3-1-2-4-10(9)13/h9-12,14H,1-8H2. The molecule has 5 heteroatoms. The molecule has 3 aliphatic rings. The van der Waals surface area contributed by atoms with Crippen molar-refractivity contribution in [3.8, 4) is 0 Å². The normalized spacial score (nSPS) is 45.9. The molecule has 17 heavy (non-hydrogen) atoms. The summed E-state index contributed by atoms with van der Waals surface area (Å²) >= 11 is 0. The molecule has 4 atom stereocenters. The van der Waals surface area contributed by atoms with Crippen LogP contribution in [0.4, 0.5) is 0 Å². The molecule has 0 aromatic carbocycles. The number of hydrogen-bond donors (Lipinski definition) is 1. The maximum absolute atomic E-state index is 11.6. The highest BCUT2D eigenvalue weighted by molar-refractivity contribution is 7.91. The molecule has 1 aliphatic carbocycles. The van der Waals surface area contributed by atoms with Crippen LogP contribution in [0.2, 0.25) is 0 Å². The summed E-state index contributed by atoms with van der Waals surface area (Å²) in [6.07, 6.45) is 5.58. The molecule has 2 heterocycles. The minimum Gasteiger partial charge on any atom is -0.390 e. The van der Waals surface area contributed by atoms with Crippen molar-refractivity contribution in [2.75, 3.05) is 18.1 Å². The highest BCUT2D eigenvalue weighted by Gasteiger charge is 2.46. The Morgan fingerprint density at radius 1 is 1.00 bits per heavy atom. The van der Waals surface area contributed by atoms with E-state index in [-0.39, 0.29) is 17.5 Å². The summed E-state index contributed by atoms with van der Waals surface area (Å²) in [6, 6.07) is 0.407. The Bertz CT molecular complexity index is 395. The predicted octanol–water partition coefficient (Wildman–Crippen LogP) is 0.409. The molecular weight excluding hydrogens is 238 g/mol. The first kappa shape index (κ1) is 11.9. The molecule has 0 aromatic heterocycles. The number of aliphatic hydroxyl groups is 1. The summed E-state index contributed by atoms with van der Waals surface area (Å²) in [5.41, 5.74) is 0. The molecule has 4 unspecified atom stereocenters. The number of nitrogens with zero attached hydrogens (tertiary/aromatic N) is 1. The third-order valence-electron chi connectivity index (χ3n) is 4.77. The van der Waals surface area contributed by atoms with E-state index in [1.165, 1.54) is 32.1 Å². The third-order valence-corrected chi connectivity index (χ3v) is 6.47. The van der Waals surface area contributed by atoms with Crippen molar-refractivity contribution in [1.82, 2.24) is 4.90 Å². The zero-order chi connectivity index (χ0) is 12.0. The highest BCUT2D eigenvalue weighted by atomic mass is 32.2. The molecule has 3 fully saturated rings. The SMILES string of the molecule is O=S1(=O)CC(O)C(N2CCC3CCCCC32)C1. The van der Waals surface area contributed by atoms with E-state index in [2.05, 4.69) is 4.90 Å². The fourth-order valence-corrected chi connectivity index (χ4v) is 5.79. The Balaban J connectivity index is 1.77. The summed E-state index contributed by atoms with van der Waals surface area (Å²) in [5.74, 6) is 0.877. The lowest BCUT2D eigenvalue weighted by Crippen LogP contribution is -2.47. The van der Waals surface area contributed by atoms with Gasteiger partial charge in [-0.05, 0) is 31.7 Å². The molecule has 2 aliphatic heterocycles. The van der Waals surface area contributed by atoms with Crippen molar-refractivity contribution >= 4 is 9.84 Å². The lowest BCUT2D eigenvalue weighted by Gasteiger charge is -2.36. The zero-order valence-electron chi connectivity index (χ0n) is 10.1. The maximum Gasteiger partial charge on any atom is 0.154 e. The van der Waals surface area contributed by atoms with Gasteiger partial charge in [0.05, 0.1) is 23.7 Å². The molecule has 0 amide bonds. The minimum atomic E-state index is -3.01. The topological polar surface area (TPSA) is 57.6 Å². The lowest BCUT2D eigenvalue weighted by atomic mass is 9.85. The second-order valence-corrected chi connectivity index (χ2v) is 8.00. The van der Waals surface area contributed by atoms with Crippen LogP contribution in [0.1, 0.15) is 32.1 Å². The van der Waals surface area contributed by atoms with Crippen molar-refractivity contribution in [1.29, 1.82) is 0 Å². The van der Waals surface area contributed by atoms with Gasteiger partial charge in [0.1, 0.15) is 0 Å². The van der Waals surface area contributed by atoms with Gasteiger partial charge in [0, 0.05) is 6.04 Å². The summed E-state index contributed by atoms with van der Waals surface area (Å²) in [7, 11) is -3.01. The first-order valence-corrected chi connectivity index (χ1v) is 8.53. The molecular formula is C12H21NO3S. The van der Waals surface area contributed by atoms with Crippen LogP contribution >= 0.6 is 0 Å². The monoisotopic (exact) mass is 259 g/mol. The van der Waals surface area contributed by atoms with Crippen molar-refractivity contribution < 1.29 is 13.5 Å². The largest absolute Gasteiger partial charge is 0.390 e. The first-order chi connectivity index (χ1) is 8.07. The van der Waals surface area contributed by atoms with Crippen LogP contribution in [0, 0.1) is 5.92 Å². The van der Waals surface area contributed by atoms with E-state index in [9.17, 15) is 13.5 Å². The zero-order valence-corrected chi connectivity index (χ0v) is 10.9. The summed E-state index contributed by atoms with van der Waals surface area (Å²) in [5, 5.41) is 9.95. The van der Waals surface area contributed by atoms with Gasteiger partial charge in [0.2, 0.25) is 0 Å². The number of fused-ring (bicyclic) bond motifs is 1. The smallest absolute Gasteiger partial charge is 0.154 e. The Morgan fingerprint density at radius 3 is 2.47 bits per heavy atom. The molecule has 0 aromatic rings. The predicted molar refractivity (Wildman–Crippen MR) is 65.5 cm³/mol. The highest BCUT2D eigenvalue weighted by Crippen LogP contribution is 2.38. The van der Waals surface area contributed by atoms with Crippen LogP contribution in [-0.4, -0.2) is 54.7 Å². The van der Waals surface area contributed by atoms with Crippen molar-refractivity contribution in [3.63, 3.8) is 0 Å². The Labute approximate surface area is 103 Å². The van der Waals surface area contributed by atoms with E-state index < -0.39 is 15.9 Å². The molecule has 4 nitrogen and oxygen atoms in total. The molecule has 98 valence electrons. The fourth-order valence-electron chi connectivity index (χ4n) is 3.98. The van der Waals surface area contributed by atoms with Crippen molar-refractivity contribution in [2.45, 2.75) is 50.3 Å². The van der Waals surface area contributed by atoms with Crippen LogP contribution in [0.15, 0.2) is 0 Å². The maximum atomic E-state index is 11.6. The second-order valence-electron chi connectivity index (χ2n) is 5.85. The van der Waals surface area contributed by atoms with E-state index in [0.717, 1.165) is 12.5 Å². The van der Waals surface area contributed by atoms with Crippen LogP contribution in [0.25, 0.3) is 0 Å². The minimum absolute atomic E-state index is 0.0362. The Kier molecular flexibility index (Phi) is 2.96. The molecule has 0 spiro atoms. The van der Waals surface area contributed by atoms with Gasteiger partial charge in [-0.25, -0.2) is 8.42 Å². The number of sulfone groups is 1. The third kappa shape index (κ3) is 2.13. The molecule has 0 bridgehead atoms. The lowest BCUT2D eigenvalue weighted by molar-refractivity contribution is 0.0586.